The Hall–Kier alpha value is -2.93. The second-order valence-corrected chi connectivity index (χ2v) is 6.91. The number of phenols is 1. The first-order valence-corrected chi connectivity index (χ1v) is 8.28. The van der Waals surface area contributed by atoms with Crippen LogP contribution in [0.4, 0.5) is 4.39 Å². The topological polar surface area (TPSA) is 76.6 Å². The van der Waals surface area contributed by atoms with Crippen LogP contribution in [0.2, 0.25) is 0 Å². The Morgan fingerprint density at radius 1 is 1.19 bits per heavy atom. The van der Waals surface area contributed by atoms with Crippen molar-refractivity contribution < 1.29 is 19.1 Å². The number of H-pyrrole nitrogens is 1. The number of nitrogens with one attached hydrogen (secondary N) is 1. The zero-order valence-corrected chi connectivity index (χ0v) is 14.7. The summed E-state index contributed by atoms with van der Waals surface area (Å²) in [7, 11) is 3.75. The Bertz CT molecular complexity index is 1100. The van der Waals surface area contributed by atoms with Gasteiger partial charge in [0, 0.05) is 35.4 Å². The van der Waals surface area contributed by atoms with E-state index in [-0.39, 0.29) is 11.8 Å². The van der Waals surface area contributed by atoms with E-state index in [0.29, 0.717) is 46.0 Å². The highest BCUT2D eigenvalue weighted by Crippen LogP contribution is 2.38. The molecule has 2 heterocycles. The number of aromatic nitrogens is 1. The van der Waals surface area contributed by atoms with Crippen LogP contribution in [0.15, 0.2) is 18.2 Å². The van der Waals surface area contributed by atoms with Gasteiger partial charge in [0.15, 0.2) is 11.6 Å². The fourth-order valence-electron chi connectivity index (χ4n) is 3.52. The molecule has 0 fully saturated rings. The van der Waals surface area contributed by atoms with Crippen molar-refractivity contribution in [1.29, 1.82) is 0 Å². The largest absolute Gasteiger partial charge is 0.505 e. The van der Waals surface area contributed by atoms with E-state index < -0.39 is 11.6 Å². The Morgan fingerprint density at radius 2 is 1.92 bits per heavy atom. The summed E-state index contributed by atoms with van der Waals surface area (Å²) in [6.45, 7) is 2.68. The van der Waals surface area contributed by atoms with Crippen molar-refractivity contribution in [3.8, 4) is 5.75 Å². The number of aromatic amines is 1. The van der Waals surface area contributed by atoms with Gasteiger partial charge in [-0.1, -0.05) is 0 Å². The second-order valence-electron chi connectivity index (χ2n) is 6.91. The lowest BCUT2D eigenvalue weighted by molar-refractivity contribution is 0.0645. The van der Waals surface area contributed by atoms with E-state index in [9.17, 15) is 19.1 Å². The van der Waals surface area contributed by atoms with Crippen molar-refractivity contribution in [3.05, 3.63) is 40.7 Å². The summed E-state index contributed by atoms with van der Waals surface area (Å²) in [5.41, 5.74) is 2.58. The molecule has 7 heteroatoms. The molecule has 1 aliphatic heterocycles. The standard InChI is InChI=1S/C19H18FN3O3/c1-9-6-11-16(19(26)23(18(11)25)5-4-22(2)3)15-10-7-14(24)12(20)8-13(10)21-17(9)15/h6-8,21,24H,4-5H2,1-3H3. The van der Waals surface area contributed by atoms with Gasteiger partial charge in [-0.3, -0.25) is 14.5 Å². The van der Waals surface area contributed by atoms with Crippen LogP contribution >= 0.6 is 0 Å². The molecule has 0 bridgehead atoms. The predicted octanol–water partition coefficient (Wildman–Crippen LogP) is 2.63. The smallest absolute Gasteiger partial charge is 0.262 e. The Kier molecular flexibility index (Phi) is 3.52. The first-order valence-electron chi connectivity index (χ1n) is 8.28. The average Bonchev–Trinajstić information content (AvgIpc) is 3.03. The van der Waals surface area contributed by atoms with Gasteiger partial charge in [0.25, 0.3) is 11.8 Å². The first-order chi connectivity index (χ1) is 12.3. The van der Waals surface area contributed by atoms with Gasteiger partial charge >= 0.3 is 0 Å². The molecule has 0 spiro atoms. The average molecular weight is 355 g/mol. The summed E-state index contributed by atoms with van der Waals surface area (Å²) in [6.07, 6.45) is 0. The number of halogens is 1. The Morgan fingerprint density at radius 3 is 2.62 bits per heavy atom. The van der Waals surface area contributed by atoms with Gasteiger partial charge < -0.3 is 15.0 Å². The molecule has 2 N–H and O–H groups in total. The number of hydrogen-bond acceptors (Lipinski definition) is 4. The van der Waals surface area contributed by atoms with E-state index in [2.05, 4.69) is 4.98 Å². The first kappa shape index (κ1) is 16.5. The van der Waals surface area contributed by atoms with Gasteiger partial charge in [0.05, 0.1) is 16.6 Å². The van der Waals surface area contributed by atoms with Crippen molar-refractivity contribution in [2.24, 2.45) is 0 Å². The van der Waals surface area contributed by atoms with Crippen LogP contribution in [0.5, 0.6) is 5.75 Å². The van der Waals surface area contributed by atoms with Crippen molar-refractivity contribution in [2.45, 2.75) is 6.92 Å². The number of fused-ring (bicyclic) bond motifs is 5. The molecule has 0 aliphatic carbocycles. The lowest BCUT2D eigenvalue weighted by Crippen LogP contribution is -2.35. The van der Waals surface area contributed by atoms with E-state index in [1.807, 2.05) is 25.9 Å². The van der Waals surface area contributed by atoms with Crippen LogP contribution < -0.4 is 0 Å². The number of carbonyl (C=O) groups is 2. The molecule has 0 atom stereocenters. The third kappa shape index (κ3) is 2.20. The number of amides is 2. The number of aryl methyl sites for hydroxylation is 1. The quantitative estimate of drug-likeness (QED) is 0.708. The molecule has 26 heavy (non-hydrogen) atoms. The summed E-state index contributed by atoms with van der Waals surface area (Å²) in [4.78, 5) is 32.0. The van der Waals surface area contributed by atoms with E-state index in [1.54, 1.807) is 6.07 Å². The molecule has 1 aliphatic rings. The van der Waals surface area contributed by atoms with Crippen LogP contribution in [0.1, 0.15) is 26.3 Å². The normalized spacial score (nSPS) is 14.3. The zero-order chi connectivity index (χ0) is 18.7. The molecule has 1 aromatic heterocycles. The van der Waals surface area contributed by atoms with Crippen molar-refractivity contribution in [3.63, 3.8) is 0 Å². The van der Waals surface area contributed by atoms with E-state index in [0.717, 1.165) is 5.56 Å². The van der Waals surface area contributed by atoms with E-state index in [1.165, 1.54) is 17.0 Å². The lowest BCUT2D eigenvalue weighted by Gasteiger charge is -2.16. The monoisotopic (exact) mass is 355 g/mol. The lowest BCUT2D eigenvalue weighted by atomic mass is 9.99. The summed E-state index contributed by atoms with van der Waals surface area (Å²) >= 11 is 0. The molecule has 6 nitrogen and oxygen atoms in total. The summed E-state index contributed by atoms with van der Waals surface area (Å²) in [6, 6.07) is 4.18. The second kappa shape index (κ2) is 5.54. The number of likely N-dealkylation sites (N-methyl/N-ethyl adjacent to an activating group) is 1. The molecular formula is C19H18FN3O3. The highest BCUT2D eigenvalue weighted by atomic mass is 19.1. The molecule has 3 aromatic rings. The Labute approximate surface area is 148 Å². The molecule has 2 aromatic carbocycles. The zero-order valence-electron chi connectivity index (χ0n) is 14.7. The van der Waals surface area contributed by atoms with Crippen LogP contribution in [0.3, 0.4) is 0 Å². The van der Waals surface area contributed by atoms with Gasteiger partial charge in [0.1, 0.15) is 0 Å². The van der Waals surface area contributed by atoms with E-state index >= 15 is 0 Å². The number of rotatable bonds is 3. The number of hydrogen-bond donors (Lipinski definition) is 2. The van der Waals surface area contributed by atoms with E-state index in [4.69, 9.17) is 0 Å². The van der Waals surface area contributed by atoms with Crippen molar-refractivity contribution in [1.82, 2.24) is 14.8 Å². The third-order valence-electron chi connectivity index (χ3n) is 4.85. The third-order valence-corrected chi connectivity index (χ3v) is 4.85. The van der Waals surface area contributed by atoms with Gasteiger partial charge in [0.2, 0.25) is 0 Å². The number of benzene rings is 2. The molecule has 134 valence electrons. The molecule has 0 unspecified atom stereocenters. The number of nitrogens with zero attached hydrogens (tertiary/aromatic N) is 2. The van der Waals surface area contributed by atoms with Gasteiger partial charge in [-0.2, -0.15) is 0 Å². The molecule has 0 saturated carbocycles. The molecule has 0 radical (unpaired) electrons. The number of imide groups is 1. The maximum absolute atomic E-state index is 13.7. The molecular weight excluding hydrogens is 337 g/mol. The predicted molar refractivity (Wildman–Crippen MR) is 96.1 cm³/mol. The molecule has 2 amide bonds. The number of phenolic OH excluding ortho intramolecular Hbond substituents is 1. The molecule has 0 saturated heterocycles. The highest BCUT2D eigenvalue weighted by Gasteiger charge is 2.38. The maximum Gasteiger partial charge on any atom is 0.262 e. The Balaban J connectivity index is 1.99. The maximum atomic E-state index is 13.7. The molecule has 4 rings (SSSR count). The van der Waals surface area contributed by atoms with Gasteiger partial charge in [-0.05, 0) is 38.7 Å². The summed E-state index contributed by atoms with van der Waals surface area (Å²) < 4.78 is 13.7. The SMILES string of the molecule is Cc1cc2c(c3c1[nH]c1cc(F)c(O)cc13)C(=O)N(CCN(C)C)C2=O. The van der Waals surface area contributed by atoms with Crippen molar-refractivity contribution >= 4 is 33.6 Å². The number of aromatic hydroxyl groups is 1. The van der Waals surface area contributed by atoms with Gasteiger partial charge in [-0.15, -0.1) is 0 Å². The highest BCUT2D eigenvalue weighted by molar-refractivity contribution is 6.30. The van der Waals surface area contributed by atoms with Crippen LogP contribution in [0.25, 0.3) is 21.8 Å². The van der Waals surface area contributed by atoms with Crippen molar-refractivity contribution in [2.75, 3.05) is 27.2 Å². The summed E-state index contributed by atoms with van der Waals surface area (Å²) in [5, 5.41) is 10.8. The fraction of sp³-hybridized carbons (Fsp3) is 0.263. The van der Waals surface area contributed by atoms with Crippen LogP contribution in [-0.4, -0.2) is 58.9 Å². The fourth-order valence-corrected chi connectivity index (χ4v) is 3.52. The summed E-state index contributed by atoms with van der Waals surface area (Å²) in [5.74, 6) is -1.91. The van der Waals surface area contributed by atoms with Crippen LogP contribution in [-0.2, 0) is 0 Å². The minimum Gasteiger partial charge on any atom is -0.505 e. The number of carbonyl (C=O) groups excluding carboxylic acids is 2. The minimum atomic E-state index is -0.742. The van der Waals surface area contributed by atoms with Crippen LogP contribution in [0, 0.1) is 12.7 Å². The minimum absolute atomic E-state index is 0.294. The van der Waals surface area contributed by atoms with Gasteiger partial charge in [-0.25, -0.2) is 4.39 Å².